The quantitative estimate of drug-likeness (QED) is 0.325. The molecule has 27 heavy (non-hydrogen) atoms. The first-order valence-electron chi connectivity index (χ1n) is 8.82. The zero-order chi connectivity index (χ0) is 19.6. The summed E-state index contributed by atoms with van der Waals surface area (Å²) in [7, 11) is 0. The van der Waals surface area contributed by atoms with Gasteiger partial charge in [-0.3, -0.25) is 4.57 Å². The van der Waals surface area contributed by atoms with Gasteiger partial charge in [-0.15, -0.1) is 0 Å². The van der Waals surface area contributed by atoms with Gasteiger partial charge < -0.3 is 25.8 Å². The van der Waals surface area contributed by atoms with Gasteiger partial charge in [0.25, 0.3) is 0 Å². The Balaban J connectivity index is 1.83. The first kappa shape index (κ1) is 19.4. The van der Waals surface area contributed by atoms with Crippen LogP contribution < -0.4 is 11.2 Å². The van der Waals surface area contributed by atoms with Gasteiger partial charge in [0.05, 0.1) is 12.9 Å². The van der Waals surface area contributed by atoms with E-state index in [1.165, 1.54) is 10.9 Å². The second-order valence-corrected chi connectivity index (χ2v) is 6.88. The lowest BCUT2D eigenvalue weighted by atomic mass is 10.1. The van der Waals surface area contributed by atoms with Crippen LogP contribution in [0.15, 0.2) is 11.4 Å². The van der Waals surface area contributed by atoms with E-state index in [0.29, 0.717) is 17.1 Å². The van der Waals surface area contributed by atoms with Crippen LogP contribution in [0, 0.1) is 5.92 Å². The number of hydrogen-bond acceptors (Lipinski definition) is 10. The number of aliphatic hydroxyl groups is 3. The van der Waals surface area contributed by atoms with Crippen molar-refractivity contribution in [1.82, 2.24) is 19.5 Å². The normalized spacial score (nSPS) is 25.9. The number of rotatable bonds is 7. The molecule has 4 atom stereocenters. The van der Waals surface area contributed by atoms with Crippen LogP contribution in [0.4, 0.5) is 11.8 Å². The number of fused-ring (bicyclic) bond motifs is 1. The van der Waals surface area contributed by atoms with E-state index >= 15 is 0 Å². The molecule has 0 unspecified atom stereocenters. The van der Waals surface area contributed by atoms with Crippen LogP contribution in [0.1, 0.15) is 32.9 Å². The molecular formula is C16H25N7O4. The predicted molar refractivity (Wildman–Crippen MR) is 98.9 cm³/mol. The summed E-state index contributed by atoms with van der Waals surface area (Å²) >= 11 is 0. The van der Waals surface area contributed by atoms with Crippen LogP contribution in [0.25, 0.3) is 11.2 Å². The highest BCUT2D eigenvalue weighted by molar-refractivity contribution is 5.83. The maximum absolute atomic E-state index is 10.2. The van der Waals surface area contributed by atoms with Crippen molar-refractivity contribution < 1.29 is 20.1 Å². The molecule has 2 aromatic heterocycles. The second-order valence-electron chi connectivity index (χ2n) is 6.88. The fourth-order valence-corrected chi connectivity index (χ4v) is 2.86. The molecule has 1 aliphatic heterocycles. The Labute approximate surface area is 155 Å². The lowest BCUT2D eigenvalue weighted by Gasteiger charge is -2.16. The third-order valence-electron chi connectivity index (χ3n) is 4.37. The summed E-state index contributed by atoms with van der Waals surface area (Å²) in [4.78, 5) is 12.6. The minimum Gasteiger partial charge on any atom is -0.394 e. The standard InChI is InChI=1S/C16H25N7O4/c1-8(2)4-3-5-19-22-16-20-13(17)10-14(21-16)23(7-18-10)15-12(26)11(25)9(6-24)27-15/h5,7-9,11-12,15,24-26H,3-4,6H2,1-2H3,(H3,17,20,21,22)/b19-5-/t9-,11-,12-,15-/m1/s1. The Morgan fingerprint density at radius 2 is 2.15 bits per heavy atom. The van der Waals surface area contributed by atoms with Gasteiger partial charge in [-0.05, 0) is 18.8 Å². The molecule has 1 saturated heterocycles. The molecule has 0 bridgehead atoms. The number of nitrogens with zero attached hydrogens (tertiary/aromatic N) is 5. The molecule has 6 N–H and O–H groups in total. The molecule has 0 amide bonds. The number of hydrogen-bond donors (Lipinski definition) is 5. The lowest BCUT2D eigenvalue weighted by molar-refractivity contribution is -0.0511. The number of aromatic nitrogens is 4. The number of nitrogens with one attached hydrogen (secondary N) is 1. The smallest absolute Gasteiger partial charge is 0.247 e. The van der Waals surface area contributed by atoms with Crippen molar-refractivity contribution in [1.29, 1.82) is 0 Å². The number of ether oxygens (including phenoxy) is 1. The van der Waals surface area contributed by atoms with Gasteiger partial charge >= 0.3 is 0 Å². The summed E-state index contributed by atoms with van der Waals surface area (Å²) in [5, 5.41) is 33.5. The topological polar surface area (TPSA) is 164 Å². The summed E-state index contributed by atoms with van der Waals surface area (Å²) in [6.45, 7) is 3.85. The van der Waals surface area contributed by atoms with E-state index < -0.39 is 31.1 Å². The molecular weight excluding hydrogens is 354 g/mol. The molecule has 1 aliphatic rings. The highest BCUT2D eigenvalue weighted by Gasteiger charge is 2.44. The number of nitrogens with two attached hydrogens (primary N) is 1. The Morgan fingerprint density at radius 3 is 2.81 bits per heavy atom. The van der Waals surface area contributed by atoms with Gasteiger partial charge in [-0.1, -0.05) is 13.8 Å². The first-order valence-corrected chi connectivity index (χ1v) is 8.82. The van der Waals surface area contributed by atoms with E-state index in [2.05, 4.69) is 39.3 Å². The summed E-state index contributed by atoms with van der Waals surface area (Å²) in [5.74, 6) is 0.907. The van der Waals surface area contributed by atoms with Crippen molar-refractivity contribution in [2.24, 2.45) is 11.0 Å². The fourth-order valence-electron chi connectivity index (χ4n) is 2.86. The maximum Gasteiger partial charge on any atom is 0.247 e. The van der Waals surface area contributed by atoms with Crippen LogP contribution in [0.2, 0.25) is 0 Å². The average molecular weight is 379 g/mol. The number of anilines is 2. The largest absolute Gasteiger partial charge is 0.394 e. The molecule has 0 radical (unpaired) electrons. The molecule has 148 valence electrons. The van der Waals surface area contributed by atoms with Gasteiger partial charge in [-0.25, -0.2) is 10.4 Å². The highest BCUT2D eigenvalue weighted by atomic mass is 16.6. The minimum atomic E-state index is -1.25. The van der Waals surface area contributed by atoms with Crippen molar-refractivity contribution in [2.75, 3.05) is 17.8 Å². The van der Waals surface area contributed by atoms with Gasteiger partial charge in [0.1, 0.15) is 23.8 Å². The van der Waals surface area contributed by atoms with Gasteiger partial charge in [0.2, 0.25) is 5.95 Å². The molecule has 0 aromatic carbocycles. The van der Waals surface area contributed by atoms with Gasteiger partial charge in [0, 0.05) is 6.21 Å². The molecule has 0 aliphatic carbocycles. The maximum atomic E-state index is 10.2. The van der Waals surface area contributed by atoms with Crippen LogP contribution in [-0.4, -0.2) is 66.0 Å². The average Bonchev–Trinajstić information content (AvgIpc) is 3.16. The molecule has 0 saturated carbocycles. The lowest BCUT2D eigenvalue weighted by Crippen LogP contribution is -2.33. The van der Waals surface area contributed by atoms with Crippen molar-refractivity contribution in [3.8, 4) is 0 Å². The number of nitrogen functional groups attached to an aromatic ring is 1. The minimum absolute atomic E-state index is 0.144. The molecule has 1 fully saturated rings. The Bertz CT molecular complexity index is 809. The van der Waals surface area contributed by atoms with Crippen molar-refractivity contribution >= 4 is 29.1 Å². The monoisotopic (exact) mass is 379 g/mol. The number of hydrazone groups is 1. The summed E-state index contributed by atoms with van der Waals surface area (Å²) < 4.78 is 6.97. The molecule has 0 spiro atoms. The number of imidazole rings is 1. The van der Waals surface area contributed by atoms with E-state index in [-0.39, 0.29) is 11.8 Å². The van der Waals surface area contributed by atoms with E-state index in [1.54, 1.807) is 6.21 Å². The third kappa shape index (κ3) is 4.00. The van der Waals surface area contributed by atoms with E-state index in [0.717, 1.165) is 12.8 Å². The molecule has 3 rings (SSSR count). The van der Waals surface area contributed by atoms with Crippen molar-refractivity contribution in [3.05, 3.63) is 6.33 Å². The molecule has 3 heterocycles. The van der Waals surface area contributed by atoms with Crippen LogP contribution >= 0.6 is 0 Å². The van der Waals surface area contributed by atoms with Crippen LogP contribution in [0.3, 0.4) is 0 Å². The van der Waals surface area contributed by atoms with E-state index in [4.69, 9.17) is 10.5 Å². The van der Waals surface area contributed by atoms with Crippen LogP contribution in [0.5, 0.6) is 0 Å². The second kappa shape index (κ2) is 8.13. The summed E-state index contributed by atoms with van der Waals surface area (Å²) in [6.07, 6.45) is 0.650. The van der Waals surface area contributed by atoms with Gasteiger partial charge in [0.15, 0.2) is 17.7 Å². The van der Waals surface area contributed by atoms with E-state index in [9.17, 15) is 15.3 Å². The Hall–Kier alpha value is -2.34. The third-order valence-corrected chi connectivity index (χ3v) is 4.37. The van der Waals surface area contributed by atoms with E-state index in [1.807, 2.05) is 0 Å². The highest BCUT2D eigenvalue weighted by Crippen LogP contribution is 2.32. The van der Waals surface area contributed by atoms with Gasteiger partial charge in [-0.2, -0.15) is 15.1 Å². The number of aliphatic hydroxyl groups excluding tert-OH is 3. The first-order chi connectivity index (χ1) is 12.9. The fraction of sp³-hybridized carbons (Fsp3) is 0.625. The summed E-state index contributed by atoms with van der Waals surface area (Å²) in [5.41, 5.74) is 9.33. The molecule has 2 aromatic rings. The SMILES string of the molecule is CC(C)CC/C=N\Nc1nc(N)c2ncn([C@@H]3O[C@H](CO)[C@@H](O)[C@H]3O)c2n1. The predicted octanol–water partition coefficient (Wildman–Crippen LogP) is -0.146. The molecule has 11 heteroatoms. The zero-order valence-electron chi connectivity index (χ0n) is 15.2. The Kier molecular flexibility index (Phi) is 5.85. The Morgan fingerprint density at radius 1 is 1.37 bits per heavy atom. The molecule has 11 nitrogen and oxygen atoms in total. The summed E-state index contributed by atoms with van der Waals surface area (Å²) in [6, 6.07) is 0. The van der Waals surface area contributed by atoms with Crippen molar-refractivity contribution in [2.45, 2.75) is 51.2 Å². The van der Waals surface area contributed by atoms with Crippen molar-refractivity contribution in [3.63, 3.8) is 0 Å². The zero-order valence-corrected chi connectivity index (χ0v) is 15.2. The van der Waals surface area contributed by atoms with Crippen LogP contribution in [-0.2, 0) is 4.74 Å².